The van der Waals surface area contributed by atoms with Gasteiger partial charge in [0.05, 0.1) is 0 Å². The van der Waals surface area contributed by atoms with Gasteiger partial charge in [0.2, 0.25) is 0 Å². The summed E-state index contributed by atoms with van der Waals surface area (Å²) in [5, 5.41) is 12.2. The van der Waals surface area contributed by atoms with E-state index in [1.165, 1.54) is 0 Å². The first kappa shape index (κ1) is 10.5. The van der Waals surface area contributed by atoms with Crippen LogP contribution >= 0.6 is 0 Å². The van der Waals surface area contributed by atoms with Gasteiger partial charge < -0.3 is 16.2 Å². The number of hydrogen-bond donors (Lipinski definition) is 3. The van der Waals surface area contributed by atoms with Crippen LogP contribution < -0.4 is 11.1 Å². The minimum Gasteiger partial charge on any atom is -0.382 e. The van der Waals surface area contributed by atoms with Crippen molar-refractivity contribution in [2.24, 2.45) is 5.73 Å². The van der Waals surface area contributed by atoms with Gasteiger partial charge in [-0.3, -0.25) is 4.79 Å². The fourth-order valence-corrected chi connectivity index (χ4v) is 1.20. The van der Waals surface area contributed by atoms with Crippen molar-refractivity contribution < 1.29 is 9.90 Å². The first-order chi connectivity index (χ1) is 6.15. The minimum absolute atomic E-state index is 0.288. The Kier molecular flexibility index (Phi) is 3.69. The molecule has 4 N–H and O–H groups in total. The summed E-state index contributed by atoms with van der Waals surface area (Å²) in [6.45, 7) is 1.98. The SMILES string of the molecule is CCCC(N)[C@@H](O)C(=O)NC1CC1. The Balaban J connectivity index is 2.26. The molecule has 0 aromatic carbocycles. The fraction of sp³-hybridized carbons (Fsp3) is 0.889. The van der Waals surface area contributed by atoms with E-state index in [4.69, 9.17) is 5.73 Å². The first-order valence-corrected chi connectivity index (χ1v) is 4.89. The highest BCUT2D eigenvalue weighted by Gasteiger charge is 2.28. The third-order valence-corrected chi connectivity index (χ3v) is 2.22. The number of rotatable bonds is 5. The first-order valence-electron chi connectivity index (χ1n) is 4.89. The Bertz CT molecular complexity index is 180. The highest BCUT2D eigenvalue weighted by atomic mass is 16.3. The van der Waals surface area contributed by atoms with Crippen LogP contribution in [0.4, 0.5) is 0 Å². The molecule has 76 valence electrons. The second kappa shape index (κ2) is 4.58. The molecule has 1 rings (SSSR count). The number of aliphatic hydroxyl groups excluding tert-OH is 1. The summed E-state index contributed by atoms with van der Waals surface area (Å²) in [6, 6.07) is -0.139. The van der Waals surface area contributed by atoms with E-state index in [0.29, 0.717) is 6.42 Å². The van der Waals surface area contributed by atoms with E-state index in [-0.39, 0.29) is 11.9 Å². The van der Waals surface area contributed by atoms with Crippen LogP contribution in [0, 0.1) is 0 Å². The third kappa shape index (κ3) is 3.32. The minimum atomic E-state index is -1.04. The van der Waals surface area contributed by atoms with Gasteiger partial charge in [-0.2, -0.15) is 0 Å². The lowest BCUT2D eigenvalue weighted by atomic mass is 10.1. The average molecular weight is 186 g/mol. The Labute approximate surface area is 78.5 Å². The predicted molar refractivity (Wildman–Crippen MR) is 50.1 cm³/mol. The lowest BCUT2D eigenvalue weighted by Gasteiger charge is -2.17. The summed E-state index contributed by atoms with van der Waals surface area (Å²) >= 11 is 0. The molecule has 1 aliphatic rings. The quantitative estimate of drug-likeness (QED) is 0.554. The van der Waals surface area contributed by atoms with Crippen molar-refractivity contribution in [3.8, 4) is 0 Å². The zero-order valence-corrected chi connectivity index (χ0v) is 7.99. The summed E-state index contributed by atoms with van der Waals surface area (Å²) in [7, 11) is 0. The number of nitrogens with one attached hydrogen (secondary N) is 1. The maximum atomic E-state index is 11.3. The van der Waals surface area contributed by atoms with E-state index in [2.05, 4.69) is 5.32 Å². The Morgan fingerprint density at radius 2 is 2.31 bits per heavy atom. The molecule has 1 saturated carbocycles. The van der Waals surface area contributed by atoms with Gasteiger partial charge in [-0.05, 0) is 19.3 Å². The van der Waals surface area contributed by atoms with Crippen molar-refractivity contribution in [2.45, 2.75) is 50.8 Å². The summed E-state index contributed by atoms with van der Waals surface area (Å²) in [5.74, 6) is -0.316. The zero-order chi connectivity index (χ0) is 9.84. The third-order valence-electron chi connectivity index (χ3n) is 2.22. The average Bonchev–Trinajstić information content (AvgIpc) is 2.87. The van der Waals surface area contributed by atoms with Crippen LogP contribution in [0.1, 0.15) is 32.6 Å². The number of carbonyl (C=O) groups is 1. The lowest BCUT2D eigenvalue weighted by molar-refractivity contribution is -0.130. The van der Waals surface area contributed by atoms with E-state index in [1.54, 1.807) is 0 Å². The Hall–Kier alpha value is -0.610. The molecule has 0 aliphatic heterocycles. The number of aliphatic hydroxyl groups is 1. The summed E-state index contributed by atoms with van der Waals surface area (Å²) in [4.78, 5) is 11.3. The Morgan fingerprint density at radius 3 is 2.77 bits per heavy atom. The molecule has 13 heavy (non-hydrogen) atoms. The van der Waals surface area contributed by atoms with Gasteiger partial charge in [-0.25, -0.2) is 0 Å². The van der Waals surface area contributed by atoms with Gasteiger partial charge in [0.1, 0.15) is 6.10 Å². The highest BCUT2D eigenvalue weighted by Crippen LogP contribution is 2.18. The molecule has 4 heteroatoms. The topological polar surface area (TPSA) is 75.3 Å². The van der Waals surface area contributed by atoms with Crippen LogP contribution in [-0.2, 0) is 4.79 Å². The van der Waals surface area contributed by atoms with Crippen LogP contribution in [0.5, 0.6) is 0 Å². The fourth-order valence-electron chi connectivity index (χ4n) is 1.20. The largest absolute Gasteiger partial charge is 0.382 e. The van der Waals surface area contributed by atoms with Gasteiger partial charge in [0.25, 0.3) is 5.91 Å². The lowest BCUT2D eigenvalue weighted by Crippen LogP contribution is -2.46. The standard InChI is InChI=1S/C9H18N2O2/c1-2-3-7(10)8(12)9(13)11-6-4-5-6/h6-8,12H,2-5,10H2,1H3,(H,11,13)/t7?,8-/m1/s1. The van der Waals surface area contributed by atoms with Gasteiger partial charge >= 0.3 is 0 Å². The molecule has 0 saturated heterocycles. The van der Waals surface area contributed by atoms with Crippen LogP contribution in [0.2, 0.25) is 0 Å². The monoisotopic (exact) mass is 186 g/mol. The molecule has 0 radical (unpaired) electrons. The van der Waals surface area contributed by atoms with Gasteiger partial charge in [-0.15, -0.1) is 0 Å². The summed E-state index contributed by atoms with van der Waals surface area (Å²) in [5.41, 5.74) is 5.61. The maximum Gasteiger partial charge on any atom is 0.250 e. The van der Waals surface area contributed by atoms with Gasteiger partial charge in [-0.1, -0.05) is 13.3 Å². The second-order valence-electron chi connectivity index (χ2n) is 3.68. The molecule has 2 atom stereocenters. The molecule has 1 fully saturated rings. The van der Waals surface area contributed by atoms with Gasteiger partial charge in [0.15, 0.2) is 0 Å². The van der Waals surface area contributed by atoms with Crippen LogP contribution in [0.3, 0.4) is 0 Å². The normalized spacial score (nSPS) is 20.8. The maximum absolute atomic E-state index is 11.3. The van der Waals surface area contributed by atoms with Crippen LogP contribution in [-0.4, -0.2) is 29.2 Å². The molecule has 1 amide bonds. The predicted octanol–water partition coefficient (Wildman–Crippen LogP) is -0.247. The van der Waals surface area contributed by atoms with Crippen molar-refractivity contribution in [3.63, 3.8) is 0 Å². The molecular formula is C9H18N2O2. The van der Waals surface area contributed by atoms with Crippen LogP contribution in [0.25, 0.3) is 0 Å². The smallest absolute Gasteiger partial charge is 0.250 e. The van der Waals surface area contributed by atoms with Crippen molar-refractivity contribution in [1.29, 1.82) is 0 Å². The van der Waals surface area contributed by atoms with E-state index in [0.717, 1.165) is 19.3 Å². The van der Waals surface area contributed by atoms with Crippen molar-refractivity contribution in [3.05, 3.63) is 0 Å². The van der Waals surface area contributed by atoms with E-state index >= 15 is 0 Å². The number of hydrogen-bond acceptors (Lipinski definition) is 3. The second-order valence-corrected chi connectivity index (χ2v) is 3.68. The van der Waals surface area contributed by atoms with Crippen molar-refractivity contribution >= 4 is 5.91 Å². The molecule has 1 aliphatic carbocycles. The number of amides is 1. The highest BCUT2D eigenvalue weighted by molar-refractivity contribution is 5.81. The molecular weight excluding hydrogens is 168 g/mol. The van der Waals surface area contributed by atoms with Crippen molar-refractivity contribution in [1.82, 2.24) is 5.32 Å². The molecule has 0 aromatic rings. The zero-order valence-electron chi connectivity index (χ0n) is 7.99. The van der Waals surface area contributed by atoms with Crippen molar-refractivity contribution in [2.75, 3.05) is 0 Å². The summed E-state index contributed by atoms with van der Waals surface area (Å²) < 4.78 is 0. The molecule has 0 aromatic heterocycles. The summed E-state index contributed by atoms with van der Waals surface area (Å²) in [6.07, 6.45) is 2.58. The molecule has 4 nitrogen and oxygen atoms in total. The molecule has 0 spiro atoms. The van der Waals surface area contributed by atoms with Gasteiger partial charge in [0, 0.05) is 12.1 Å². The molecule has 0 bridgehead atoms. The molecule has 1 unspecified atom stereocenters. The molecule has 0 heterocycles. The van der Waals surface area contributed by atoms with E-state index < -0.39 is 12.1 Å². The number of nitrogens with two attached hydrogens (primary N) is 1. The van der Waals surface area contributed by atoms with E-state index in [9.17, 15) is 9.90 Å². The van der Waals surface area contributed by atoms with Crippen LogP contribution in [0.15, 0.2) is 0 Å². The Morgan fingerprint density at radius 1 is 1.69 bits per heavy atom. The number of carbonyl (C=O) groups excluding carboxylic acids is 1. The van der Waals surface area contributed by atoms with E-state index in [1.807, 2.05) is 6.92 Å².